The third-order valence-electron chi connectivity index (χ3n) is 5.91. The standard InChI is InChI=1S/C25H25N5O3S/c1-2-18-8-6-7-11-20(18)33-17-23(32)29-14-12-28(13-15-29)21-16-22(31)30-25(26-21)34-24(27-30)19-9-4-3-5-10-19/h3-11,16H,2,12-15,17H2,1H3. The molecule has 34 heavy (non-hydrogen) atoms. The molecule has 1 saturated heterocycles. The summed E-state index contributed by atoms with van der Waals surface area (Å²) in [6.45, 7) is 4.39. The molecule has 3 heterocycles. The summed E-state index contributed by atoms with van der Waals surface area (Å²) < 4.78 is 7.14. The average Bonchev–Trinajstić information content (AvgIpc) is 3.33. The largest absolute Gasteiger partial charge is 0.483 e. The van der Waals surface area contributed by atoms with Crippen LogP contribution in [0, 0.1) is 0 Å². The minimum atomic E-state index is -0.208. The number of aromatic nitrogens is 3. The molecule has 2 aromatic heterocycles. The number of carbonyl (C=O) groups is 1. The van der Waals surface area contributed by atoms with Crippen molar-refractivity contribution in [2.24, 2.45) is 0 Å². The summed E-state index contributed by atoms with van der Waals surface area (Å²) in [4.78, 5) is 34.5. The van der Waals surface area contributed by atoms with Gasteiger partial charge in [0.1, 0.15) is 16.6 Å². The normalized spacial score (nSPS) is 13.9. The van der Waals surface area contributed by atoms with E-state index in [1.165, 1.54) is 21.9 Å². The summed E-state index contributed by atoms with van der Waals surface area (Å²) in [5.41, 5.74) is 1.83. The first-order valence-electron chi connectivity index (χ1n) is 11.3. The van der Waals surface area contributed by atoms with Gasteiger partial charge in [-0.3, -0.25) is 9.59 Å². The second-order valence-corrected chi connectivity index (χ2v) is 8.99. The molecule has 1 amide bonds. The molecular weight excluding hydrogens is 450 g/mol. The van der Waals surface area contributed by atoms with E-state index < -0.39 is 0 Å². The second kappa shape index (κ2) is 9.64. The maximum absolute atomic E-state index is 12.7. The van der Waals surface area contributed by atoms with Crippen LogP contribution in [0.5, 0.6) is 5.75 Å². The fourth-order valence-electron chi connectivity index (χ4n) is 4.01. The molecule has 0 atom stereocenters. The molecule has 0 unspecified atom stereocenters. The molecular formula is C25H25N5O3S. The topological polar surface area (TPSA) is 80.0 Å². The van der Waals surface area contributed by atoms with Crippen LogP contribution in [0.15, 0.2) is 65.5 Å². The number of anilines is 1. The van der Waals surface area contributed by atoms with Crippen molar-refractivity contribution in [1.29, 1.82) is 0 Å². The molecule has 4 aromatic rings. The molecule has 0 bridgehead atoms. The van der Waals surface area contributed by atoms with Crippen molar-refractivity contribution < 1.29 is 9.53 Å². The van der Waals surface area contributed by atoms with E-state index in [0.29, 0.717) is 37.0 Å². The zero-order chi connectivity index (χ0) is 23.5. The second-order valence-electron chi connectivity index (χ2n) is 8.04. The van der Waals surface area contributed by atoms with Crippen LogP contribution in [0.1, 0.15) is 12.5 Å². The number of benzene rings is 2. The van der Waals surface area contributed by atoms with Crippen LogP contribution in [0.4, 0.5) is 5.82 Å². The predicted octanol–water partition coefficient (Wildman–Crippen LogP) is 3.11. The lowest BCUT2D eigenvalue weighted by Crippen LogP contribution is -2.50. The number of aryl methyl sites for hydroxylation is 1. The van der Waals surface area contributed by atoms with Gasteiger partial charge in [0.2, 0.25) is 4.96 Å². The number of para-hydroxylation sites is 1. The van der Waals surface area contributed by atoms with Gasteiger partial charge in [-0.1, -0.05) is 66.8 Å². The van der Waals surface area contributed by atoms with Crippen molar-refractivity contribution in [1.82, 2.24) is 19.5 Å². The summed E-state index contributed by atoms with van der Waals surface area (Å²) in [7, 11) is 0. The lowest BCUT2D eigenvalue weighted by molar-refractivity contribution is -0.133. The maximum Gasteiger partial charge on any atom is 0.277 e. The number of hydrogen-bond donors (Lipinski definition) is 0. The highest BCUT2D eigenvalue weighted by Crippen LogP contribution is 2.25. The van der Waals surface area contributed by atoms with Crippen molar-refractivity contribution in [3.05, 3.63) is 76.6 Å². The highest BCUT2D eigenvalue weighted by Gasteiger charge is 2.23. The van der Waals surface area contributed by atoms with Gasteiger partial charge < -0.3 is 14.5 Å². The van der Waals surface area contributed by atoms with E-state index in [1.54, 1.807) is 4.90 Å². The van der Waals surface area contributed by atoms with Crippen LogP contribution in [-0.2, 0) is 11.2 Å². The van der Waals surface area contributed by atoms with Gasteiger partial charge in [0.15, 0.2) is 6.61 Å². The number of piperazine rings is 1. The Morgan fingerprint density at radius 1 is 1.03 bits per heavy atom. The van der Waals surface area contributed by atoms with Crippen molar-refractivity contribution in [3.8, 4) is 16.3 Å². The molecule has 8 nitrogen and oxygen atoms in total. The molecule has 9 heteroatoms. The third-order valence-corrected chi connectivity index (χ3v) is 6.87. The molecule has 0 spiro atoms. The van der Waals surface area contributed by atoms with Gasteiger partial charge >= 0.3 is 0 Å². The highest BCUT2D eigenvalue weighted by molar-refractivity contribution is 7.19. The molecule has 5 rings (SSSR count). The van der Waals surface area contributed by atoms with Gasteiger partial charge in [0.25, 0.3) is 11.5 Å². The molecule has 0 N–H and O–H groups in total. The lowest BCUT2D eigenvalue weighted by atomic mass is 10.1. The zero-order valence-corrected chi connectivity index (χ0v) is 19.7. The van der Waals surface area contributed by atoms with Gasteiger partial charge in [-0.25, -0.2) is 4.98 Å². The monoisotopic (exact) mass is 475 g/mol. The fraction of sp³-hybridized carbons (Fsp3) is 0.280. The first-order chi connectivity index (χ1) is 16.6. The van der Waals surface area contributed by atoms with Crippen LogP contribution in [0.25, 0.3) is 15.5 Å². The summed E-state index contributed by atoms with van der Waals surface area (Å²) in [6, 6.07) is 19.1. The molecule has 1 aliphatic rings. The number of rotatable bonds is 6. The summed E-state index contributed by atoms with van der Waals surface area (Å²) >= 11 is 1.39. The minimum absolute atomic E-state index is 0.0195. The summed E-state index contributed by atoms with van der Waals surface area (Å²) in [5, 5.41) is 5.19. The van der Waals surface area contributed by atoms with Crippen molar-refractivity contribution in [2.45, 2.75) is 13.3 Å². The Morgan fingerprint density at radius 3 is 2.53 bits per heavy atom. The predicted molar refractivity (Wildman–Crippen MR) is 133 cm³/mol. The van der Waals surface area contributed by atoms with Crippen LogP contribution in [0.2, 0.25) is 0 Å². The highest BCUT2D eigenvalue weighted by atomic mass is 32.1. The average molecular weight is 476 g/mol. The van der Waals surface area contributed by atoms with E-state index >= 15 is 0 Å². The van der Waals surface area contributed by atoms with Gasteiger partial charge in [-0.2, -0.15) is 9.61 Å². The van der Waals surface area contributed by atoms with Gasteiger partial charge in [0, 0.05) is 37.8 Å². The summed E-state index contributed by atoms with van der Waals surface area (Å²) in [6.07, 6.45) is 0.854. The minimum Gasteiger partial charge on any atom is -0.483 e. The Morgan fingerprint density at radius 2 is 1.76 bits per heavy atom. The van der Waals surface area contributed by atoms with Crippen molar-refractivity contribution >= 4 is 28.0 Å². The first-order valence-corrected chi connectivity index (χ1v) is 12.1. The molecule has 0 radical (unpaired) electrons. The number of amides is 1. The smallest absolute Gasteiger partial charge is 0.277 e. The summed E-state index contributed by atoms with van der Waals surface area (Å²) in [5.74, 6) is 1.34. The number of hydrogen-bond acceptors (Lipinski definition) is 7. The number of carbonyl (C=O) groups excluding carboxylic acids is 1. The Bertz CT molecular complexity index is 1360. The fourth-order valence-corrected chi connectivity index (χ4v) is 4.92. The first kappa shape index (κ1) is 22.1. The van der Waals surface area contributed by atoms with E-state index in [0.717, 1.165) is 28.3 Å². The van der Waals surface area contributed by atoms with Crippen molar-refractivity contribution in [3.63, 3.8) is 0 Å². The van der Waals surface area contributed by atoms with Gasteiger partial charge in [-0.05, 0) is 18.1 Å². The molecule has 0 saturated carbocycles. The van der Waals surface area contributed by atoms with E-state index in [9.17, 15) is 9.59 Å². The maximum atomic E-state index is 12.7. The van der Waals surface area contributed by atoms with Crippen molar-refractivity contribution in [2.75, 3.05) is 37.7 Å². The van der Waals surface area contributed by atoms with E-state index in [1.807, 2.05) is 59.5 Å². The lowest BCUT2D eigenvalue weighted by Gasteiger charge is -2.35. The van der Waals surface area contributed by atoms with Crippen LogP contribution in [0.3, 0.4) is 0 Å². The molecule has 2 aromatic carbocycles. The number of ether oxygens (including phenoxy) is 1. The zero-order valence-electron chi connectivity index (χ0n) is 18.9. The molecule has 174 valence electrons. The molecule has 0 aliphatic carbocycles. The van der Waals surface area contributed by atoms with Crippen LogP contribution in [-0.4, -0.2) is 58.2 Å². The van der Waals surface area contributed by atoms with E-state index in [-0.39, 0.29) is 18.1 Å². The molecule has 1 fully saturated rings. The van der Waals surface area contributed by atoms with E-state index in [2.05, 4.69) is 17.0 Å². The number of nitrogens with zero attached hydrogens (tertiary/aromatic N) is 5. The van der Waals surface area contributed by atoms with Gasteiger partial charge in [-0.15, -0.1) is 0 Å². The van der Waals surface area contributed by atoms with Gasteiger partial charge in [0.05, 0.1) is 0 Å². The molecule has 1 aliphatic heterocycles. The Hall–Kier alpha value is -3.72. The number of fused-ring (bicyclic) bond motifs is 1. The van der Waals surface area contributed by atoms with Crippen LogP contribution < -0.4 is 15.2 Å². The van der Waals surface area contributed by atoms with Crippen LogP contribution >= 0.6 is 11.3 Å². The van der Waals surface area contributed by atoms with E-state index in [4.69, 9.17) is 4.74 Å². The third kappa shape index (κ3) is 4.51. The SMILES string of the molecule is CCc1ccccc1OCC(=O)N1CCN(c2cc(=O)n3nc(-c4ccccc4)sc3n2)CC1. The Balaban J connectivity index is 1.24. The Kier molecular flexibility index (Phi) is 6.27. The quantitative estimate of drug-likeness (QED) is 0.426. The Labute approximate surface area is 201 Å².